The van der Waals surface area contributed by atoms with E-state index in [0.717, 1.165) is 11.4 Å². The molecular weight excluding hydrogens is 350 g/mol. The summed E-state index contributed by atoms with van der Waals surface area (Å²) >= 11 is 0. The number of sulfone groups is 1. The molecule has 1 unspecified atom stereocenters. The lowest BCUT2D eigenvalue weighted by atomic mass is 10.2. The highest BCUT2D eigenvalue weighted by molar-refractivity contribution is 7.91. The summed E-state index contributed by atoms with van der Waals surface area (Å²) in [6.07, 6.45) is 0.598. The lowest BCUT2D eigenvalue weighted by Gasteiger charge is -2.27. The summed E-state index contributed by atoms with van der Waals surface area (Å²) in [7, 11) is -2.98. The molecule has 0 bridgehead atoms. The highest BCUT2D eigenvalue weighted by Gasteiger charge is 2.33. The minimum Gasteiger partial charge on any atom is -0.340 e. The van der Waals surface area contributed by atoms with E-state index in [0.29, 0.717) is 30.3 Å². The molecule has 2 aromatic rings. The third kappa shape index (κ3) is 4.11. The van der Waals surface area contributed by atoms with Crippen LogP contribution in [0.4, 0.5) is 17.5 Å². The molecule has 8 heteroatoms. The summed E-state index contributed by atoms with van der Waals surface area (Å²) < 4.78 is 23.6. The molecule has 7 nitrogen and oxygen atoms in total. The molecule has 0 spiro atoms. The lowest BCUT2D eigenvalue weighted by molar-refractivity contribution is 0.599. The molecule has 1 saturated heterocycles. The number of nitriles is 1. The Morgan fingerprint density at radius 1 is 1.35 bits per heavy atom. The van der Waals surface area contributed by atoms with Crippen LogP contribution in [0.3, 0.4) is 0 Å². The molecule has 3 rings (SSSR count). The molecule has 0 aliphatic carbocycles. The van der Waals surface area contributed by atoms with E-state index in [9.17, 15) is 8.42 Å². The molecule has 2 heterocycles. The average Bonchev–Trinajstić information content (AvgIpc) is 2.95. The Morgan fingerprint density at radius 3 is 2.81 bits per heavy atom. The van der Waals surface area contributed by atoms with Crippen LogP contribution in [-0.4, -0.2) is 42.5 Å². The Labute approximate surface area is 153 Å². The third-order valence-electron chi connectivity index (χ3n) is 4.35. The molecule has 1 atom stereocenters. The van der Waals surface area contributed by atoms with E-state index in [1.165, 1.54) is 0 Å². The van der Waals surface area contributed by atoms with Gasteiger partial charge in [-0.25, -0.2) is 13.4 Å². The van der Waals surface area contributed by atoms with E-state index in [-0.39, 0.29) is 17.5 Å². The van der Waals surface area contributed by atoms with E-state index in [2.05, 4.69) is 21.4 Å². The van der Waals surface area contributed by atoms with Crippen molar-refractivity contribution in [3.63, 3.8) is 0 Å². The fraction of sp³-hybridized carbons (Fsp3) is 0.389. The van der Waals surface area contributed by atoms with Crippen molar-refractivity contribution in [3.8, 4) is 6.07 Å². The second-order valence-corrected chi connectivity index (χ2v) is 8.58. The van der Waals surface area contributed by atoms with Crippen molar-refractivity contribution in [2.24, 2.45) is 0 Å². The fourth-order valence-electron chi connectivity index (χ4n) is 3.14. The number of benzene rings is 1. The van der Waals surface area contributed by atoms with Crippen molar-refractivity contribution < 1.29 is 8.42 Å². The Kier molecular flexibility index (Phi) is 5.09. The third-order valence-corrected chi connectivity index (χ3v) is 6.10. The number of nitrogens with one attached hydrogen (secondary N) is 1. The van der Waals surface area contributed by atoms with Crippen molar-refractivity contribution in [1.82, 2.24) is 9.97 Å². The van der Waals surface area contributed by atoms with Gasteiger partial charge in [-0.1, -0.05) is 6.07 Å². The second-order valence-electron chi connectivity index (χ2n) is 6.36. The summed E-state index contributed by atoms with van der Waals surface area (Å²) in [5.74, 6) is 1.49. The maximum atomic E-state index is 11.8. The number of aryl methyl sites for hydroxylation is 1. The lowest BCUT2D eigenvalue weighted by Crippen LogP contribution is -2.37. The smallest absolute Gasteiger partial charge is 0.227 e. The van der Waals surface area contributed by atoms with Gasteiger partial charge in [-0.2, -0.15) is 10.2 Å². The normalized spacial score (nSPS) is 18.3. The van der Waals surface area contributed by atoms with E-state index >= 15 is 0 Å². The van der Waals surface area contributed by atoms with Gasteiger partial charge in [0.2, 0.25) is 5.95 Å². The monoisotopic (exact) mass is 371 g/mol. The van der Waals surface area contributed by atoms with Gasteiger partial charge in [0.25, 0.3) is 0 Å². The number of hydrogen-bond acceptors (Lipinski definition) is 7. The average molecular weight is 371 g/mol. The van der Waals surface area contributed by atoms with Gasteiger partial charge in [-0.15, -0.1) is 0 Å². The van der Waals surface area contributed by atoms with Crippen LogP contribution < -0.4 is 10.2 Å². The van der Waals surface area contributed by atoms with Gasteiger partial charge in [0.05, 0.1) is 23.1 Å². The molecule has 0 saturated carbocycles. The number of anilines is 3. The van der Waals surface area contributed by atoms with Gasteiger partial charge < -0.3 is 10.2 Å². The minimum atomic E-state index is -2.98. The quantitative estimate of drug-likeness (QED) is 0.861. The van der Waals surface area contributed by atoms with Crippen LogP contribution in [0.1, 0.15) is 24.6 Å². The number of aromatic nitrogens is 2. The minimum absolute atomic E-state index is 0.0958. The standard InChI is InChI=1S/C18H21N5O2S/c1-3-23(16-7-8-26(24,25)12-16)18-20-13(2)9-17(22-18)21-15-6-4-5-14(10-15)11-19/h4-6,9-10,16H,3,7-8,12H2,1-2H3,(H,20,21,22). The summed E-state index contributed by atoms with van der Waals surface area (Å²) in [6.45, 7) is 4.48. The zero-order valence-corrected chi connectivity index (χ0v) is 15.6. The van der Waals surface area contributed by atoms with Gasteiger partial charge in [0.1, 0.15) is 5.82 Å². The molecule has 1 fully saturated rings. The molecule has 0 radical (unpaired) electrons. The maximum absolute atomic E-state index is 11.8. The van der Waals surface area contributed by atoms with Crippen LogP contribution in [-0.2, 0) is 9.84 Å². The van der Waals surface area contributed by atoms with Crippen LogP contribution in [0.15, 0.2) is 30.3 Å². The zero-order chi connectivity index (χ0) is 18.7. The van der Waals surface area contributed by atoms with E-state index in [4.69, 9.17) is 5.26 Å². The first-order chi connectivity index (χ1) is 12.4. The molecule has 1 aromatic carbocycles. The van der Waals surface area contributed by atoms with Crippen molar-refractivity contribution in [2.45, 2.75) is 26.3 Å². The SMILES string of the molecule is CCN(c1nc(C)cc(Nc2cccc(C#N)c2)n1)C1CCS(=O)(=O)C1. The van der Waals surface area contributed by atoms with Gasteiger partial charge in [0, 0.05) is 30.0 Å². The van der Waals surface area contributed by atoms with Gasteiger partial charge in [-0.3, -0.25) is 0 Å². The summed E-state index contributed by atoms with van der Waals surface area (Å²) in [4.78, 5) is 11.0. The van der Waals surface area contributed by atoms with Crippen molar-refractivity contribution in [2.75, 3.05) is 28.3 Å². The molecule has 1 N–H and O–H groups in total. The predicted molar refractivity (Wildman–Crippen MR) is 101 cm³/mol. The molecule has 0 amide bonds. The van der Waals surface area contributed by atoms with Crippen LogP contribution >= 0.6 is 0 Å². The van der Waals surface area contributed by atoms with Crippen LogP contribution in [0.5, 0.6) is 0 Å². The first-order valence-electron chi connectivity index (χ1n) is 8.50. The van der Waals surface area contributed by atoms with Gasteiger partial charge in [0.15, 0.2) is 9.84 Å². The molecule has 1 aliphatic heterocycles. The Hall–Kier alpha value is -2.66. The zero-order valence-electron chi connectivity index (χ0n) is 14.8. The summed E-state index contributed by atoms with van der Waals surface area (Å²) in [6, 6.07) is 11.0. The first kappa shape index (κ1) is 18.1. The van der Waals surface area contributed by atoms with Crippen LogP contribution in [0, 0.1) is 18.3 Å². The van der Waals surface area contributed by atoms with Gasteiger partial charge >= 0.3 is 0 Å². The molecule has 136 valence electrons. The van der Waals surface area contributed by atoms with E-state index in [1.807, 2.05) is 30.9 Å². The largest absolute Gasteiger partial charge is 0.340 e. The number of rotatable bonds is 5. The molecule has 1 aromatic heterocycles. The summed E-state index contributed by atoms with van der Waals surface area (Å²) in [5, 5.41) is 12.2. The van der Waals surface area contributed by atoms with Crippen LogP contribution in [0.25, 0.3) is 0 Å². The van der Waals surface area contributed by atoms with Crippen molar-refractivity contribution >= 4 is 27.3 Å². The van der Waals surface area contributed by atoms with Crippen molar-refractivity contribution in [1.29, 1.82) is 5.26 Å². The number of hydrogen-bond donors (Lipinski definition) is 1. The molecule has 1 aliphatic rings. The first-order valence-corrected chi connectivity index (χ1v) is 10.3. The van der Waals surface area contributed by atoms with Gasteiger partial charge in [-0.05, 0) is 38.5 Å². The topological polar surface area (TPSA) is 99.0 Å². The highest BCUT2D eigenvalue weighted by atomic mass is 32.2. The highest BCUT2D eigenvalue weighted by Crippen LogP contribution is 2.24. The number of nitrogens with zero attached hydrogens (tertiary/aromatic N) is 4. The Morgan fingerprint density at radius 2 is 2.15 bits per heavy atom. The maximum Gasteiger partial charge on any atom is 0.227 e. The molecular formula is C18H21N5O2S. The summed E-state index contributed by atoms with van der Waals surface area (Å²) in [5.41, 5.74) is 2.11. The van der Waals surface area contributed by atoms with Crippen LogP contribution in [0.2, 0.25) is 0 Å². The van der Waals surface area contributed by atoms with E-state index in [1.54, 1.807) is 18.2 Å². The second kappa shape index (κ2) is 7.30. The Bertz CT molecular complexity index is 952. The van der Waals surface area contributed by atoms with E-state index < -0.39 is 9.84 Å². The predicted octanol–water partition coefficient (Wildman–Crippen LogP) is 2.41. The fourth-order valence-corrected chi connectivity index (χ4v) is 4.87. The Balaban J connectivity index is 1.88. The van der Waals surface area contributed by atoms with Crippen molar-refractivity contribution in [3.05, 3.63) is 41.6 Å². The molecule has 26 heavy (non-hydrogen) atoms.